The maximum absolute atomic E-state index is 3.69. The molecule has 0 amide bonds. The predicted molar refractivity (Wildman–Crippen MR) is 53.8 cm³/mol. The molecule has 11 heavy (non-hydrogen) atoms. The Morgan fingerprint density at radius 2 is 1.27 bits per heavy atom. The number of hydrogen-bond donors (Lipinski definition) is 0. The molecule has 1 heteroatoms. The normalized spacial score (nSPS) is 8.00. The van der Waals surface area contributed by atoms with Crippen molar-refractivity contribution in [1.29, 1.82) is 0 Å². The van der Waals surface area contributed by atoms with Crippen molar-refractivity contribution < 1.29 is 0 Å². The van der Waals surface area contributed by atoms with E-state index < -0.39 is 0 Å². The molecule has 0 spiro atoms. The third-order valence-corrected chi connectivity index (χ3v) is 1.44. The second-order valence-corrected chi connectivity index (χ2v) is 2.04. The van der Waals surface area contributed by atoms with Crippen LogP contribution in [0.2, 0.25) is 0 Å². The Labute approximate surface area is 79.8 Å². The molecule has 0 radical (unpaired) electrons. The molecule has 0 saturated carbocycles. The van der Waals surface area contributed by atoms with Crippen LogP contribution in [-0.2, 0) is 0 Å². The van der Waals surface area contributed by atoms with Crippen molar-refractivity contribution in [3.63, 3.8) is 0 Å². The first-order valence-corrected chi connectivity index (χ1v) is 3.22. The van der Waals surface area contributed by atoms with E-state index in [4.69, 9.17) is 0 Å². The average molecular weight is 138 g/mol. The SMILES string of the molecule is C=Cc1ccccc1C=C.[LiH]. The van der Waals surface area contributed by atoms with Gasteiger partial charge in [0.2, 0.25) is 0 Å². The number of benzene rings is 1. The molecule has 1 aromatic carbocycles. The summed E-state index contributed by atoms with van der Waals surface area (Å²) in [6, 6.07) is 8.02. The quantitative estimate of drug-likeness (QED) is 0.550. The van der Waals surface area contributed by atoms with Gasteiger partial charge in [-0.2, -0.15) is 0 Å². The first-order valence-electron chi connectivity index (χ1n) is 3.22. The Hall–Kier alpha value is -0.703. The Balaban J connectivity index is 0.000001000. The molecule has 0 aliphatic carbocycles. The van der Waals surface area contributed by atoms with Crippen LogP contribution in [-0.4, -0.2) is 18.9 Å². The molecule has 0 N–H and O–H groups in total. The zero-order chi connectivity index (χ0) is 7.40. The summed E-state index contributed by atoms with van der Waals surface area (Å²) in [4.78, 5) is 0. The van der Waals surface area contributed by atoms with E-state index in [-0.39, 0.29) is 18.9 Å². The van der Waals surface area contributed by atoms with Gasteiger partial charge >= 0.3 is 18.9 Å². The van der Waals surface area contributed by atoms with Gasteiger partial charge in [0.1, 0.15) is 0 Å². The van der Waals surface area contributed by atoms with Gasteiger partial charge in [-0.3, -0.25) is 0 Å². The first kappa shape index (κ1) is 10.3. The van der Waals surface area contributed by atoms with Crippen molar-refractivity contribution in [3.05, 3.63) is 48.6 Å². The Kier molecular flexibility index (Phi) is 4.69. The topological polar surface area (TPSA) is 0 Å². The van der Waals surface area contributed by atoms with E-state index in [1.165, 1.54) is 0 Å². The Morgan fingerprint density at radius 3 is 1.55 bits per heavy atom. The Morgan fingerprint density at radius 1 is 0.909 bits per heavy atom. The van der Waals surface area contributed by atoms with E-state index in [1.54, 1.807) is 0 Å². The third-order valence-electron chi connectivity index (χ3n) is 1.44. The van der Waals surface area contributed by atoms with Crippen molar-refractivity contribution >= 4 is 31.0 Å². The van der Waals surface area contributed by atoms with Crippen LogP contribution in [0.5, 0.6) is 0 Å². The molecule has 0 saturated heterocycles. The van der Waals surface area contributed by atoms with Gasteiger partial charge in [-0.1, -0.05) is 49.6 Å². The standard InChI is InChI=1S/C10H10.Li.H/c1-3-9-7-5-6-8-10(9)4-2;;/h3-8H,1-2H2;;. The molecule has 0 fully saturated rings. The summed E-state index contributed by atoms with van der Waals surface area (Å²) in [5, 5.41) is 0. The third kappa shape index (κ3) is 2.42. The second kappa shape index (κ2) is 5.02. The van der Waals surface area contributed by atoms with Gasteiger partial charge in [-0.05, 0) is 11.1 Å². The van der Waals surface area contributed by atoms with Gasteiger partial charge in [0.05, 0.1) is 0 Å². The molecule has 0 heterocycles. The van der Waals surface area contributed by atoms with E-state index >= 15 is 0 Å². The zero-order valence-electron chi connectivity index (χ0n) is 5.88. The molecule has 1 aromatic rings. The van der Waals surface area contributed by atoms with Crippen molar-refractivity contribution in [2.45, 2.75) is 0 Å². The van der Waals surface area contributed by atoms with Crippen molar-refractivity contribution in [3.8, 4) is 0 Å². The minimum atomic E-state index is 0. The van der Waals surface area contributed by atoms with Gasteiger partial charge in [0.25, 0.3) is 0 Å². The summed E-state index contributed by atoms with van der Waals surface area (Å²) in [5.41, 5.74) is 2.27. The van der Waals surface area contributed by atoms with Crippen LogP contribution in [0.4, 0.5) is 0 Å². The van der Waals surface area contributed by atoms with Crippen LogP contribution in [0.25, 0.3) is 12.2 Å². The number of rotatable bonds is 2. The molecule has 0 aliphatic heterocycles. The molecule has 52 valence electrons. The van der Waals surface area contributed by atoms with Gasteiger partial charge in [-0.25, -0.2) is 0 Å². The van der Waals surface area contributed by atoms with E-state index in [1.807, 2.05) is 36.4 Å². The fourth-order valence-corrected chi connectivity index (χ4v) is 0.883. The van der Waals surface area contributed by atoms with Crippen LogP contribution in [0.15, 0.2) is 37.4 Å². The maximum atomic E-state index is 3.69. The first-order chi connectivity index (χ1) is 4.88. The van der Waals surface area contributed by atoms with Crippen molar-refractivity contribution in [1.82, 2.24) is 0 Å². The van der Waals surface area contributed by atoms with Crippen molar-refractivity contribution in [2.24, 2.45) is 0 Å². The number of hydrogen-bond acceptors (Lipinski definition) is 0. The van der Waals surface area contributed by atoms with Gasteiger partial charge in [-0.15, -0.1) is 0 Å². The van der Waals surface area contributed by atoms with E-state index in [2.05, 4.69) is 13.2 Å². The predicted octanol–water partition coefficient (Wildman–Crippen LogP) is 2.32. The fraction of sp³-hybridized carbons (Fsp3) is 0. The molecule has 0 atom stereocenters. The Bertz CT molecular complexity index is 224. The second-order valence-electron chi connectivity index (χ2n) is 2.04. The van der Waals surface area contributed by atoms with E-state index in [0.29, 0.717) is 0 Å². The summed E-state index contributed by atoms with van der Waals surface area (Å²) in [7, 11) is 0. The summed E-state index contributed by atoms with van der Waals surface area (Å²) < 4.78 is 0. The van der Waals surface area contributed by atoms with E-state index in [0.717, 1.165) is 11.1 Å². The molecule has 0 aliphatic rings. The molecule has 0 aromatic heterocycles. The molecule has 1 rings (SSSR count). The van der Waals surface area contributed by atoms with Crippen molar-refractivity contribution in [2.75, 3.05) is 0 Å². The van der Waals surface area contributed by atoms with Gasteiger partial charge < -0.3 is 0 Å². The van der Waals surface area contributed by atoms with Crippen LogP contribution in [0.3, 0.4) is 0 Å². The van der Waals surface area contributed by atoms with Crippen LogP contribution >= 0.6 is 0 Å². The molecular weight excluding hydrogens is 127 g/mol. The van der Waals surface area contributed by atoms with E-state index in [9.17, 15) is 0 Å². The molecular formula is C10H11Li. The van der Waals surface area contributed by atoms with Gasteiger partial charge in [0, 0.05) is 0 Å². The summed E-state index contributed by atoms with van der Waals surface area (Å²) >= 11 is 0. The summed E-state index contributed by atoms with van der Waals surface area (Å²) in [6.07, 6.45) is 3.66. The average Bonchev–Trinajstić information content (AvgIpc) is 2.04. The van der Waals surface area contributed by atoms with Crippen LogP contribution in [0, 0.1) is 0 Å². The van der Waals surface area contributed by atoms with Crippen LogP contribution in [0.1, 0.15) is 11.1 Å². The van der Waals surface area contributed by atoms with Gasteiger partial charge in [0.15, 0.2) is 0 Å². The monoisotopic (exact) mass is 138 g/mol. The summed E-state index contributed by atoms with van der Waals surface area (Å²) in [6.45, 7) is 7.38. The molecule has 0 unspecified atom stereocenters. The molecule has 0 bridgehead atoms. The minimum absolute atomic E-state index is 0. The fourth-order valence-electron chi connectivity index (χ4n) is 0.883. The molecule has 0 nitrogen and oxygen atoms in total. The zero-order valence-corrected chi connectivity index (χ0v) is 5.88. The summed E-state index contributed by atoms with van der Waals surface area (Å²) in [5.74, 6) is 0. The van der Waals surface area contributed by atoms with Crippen LogP contribution < -0.4 is 0 Å².